The van der Waals surface area contributed by atoms with Gasteiger partial charge in [0.15, 0.2) is 6.10 Å². The van der Waals surface area contributed by atoms with Crippen molar-refractivity contribution in [1.29, 1.82) is 0 Å². The summed E-state index contributed by atoms with van der Waals surface area (Å²) in [6.45, 7) is 3.43. The van der Waals surface area contributed by atoms with Gasteiger partial charge in [-0.15, -0.1) is 0 Å². The quantitative estimate of drug-likeness (QED) is 0.491. The van der Waals surface area contributed by atoms with Crippen LogP contribution in [0, 0.1) is 0 Å². The molecule has 0 saturated carbocycles. The number of rotatable bonds is 3. The van der Waals surface area contributed by atoms with E-state index < -0.39 is 11.9 Å². The van der Waals surface area contributed by atoms with Crippen LogP contribution in [0.5, 0.6) is 0 Å². The summed E-state index contributed by atoms with van der Waals surface area (Å²) in [6.07, 6.45) is 3.23. The molecule has 4 heteroatoms. The van der Waals surface area contributed by atoms with E-state index in [1.807, 2.05) is 0 Å². The lowest BCUT2D eigenvalue weighted by atomic mass is 10.2. The van der Waals surface area contributed by atoms with Gasteiger partial charge in [-0.2, -0.15) is 0 Å². The average Bonchev–Trinajstić information content (AvgIpc) is 2.25. The fraction of sp³-hybridized carbons (Fsp3) is 0.667. The zero-order chi connectivity index (χ0) is 9.90. The predicted molar refractivity (Wildman–Crippen MR) is 45.8 cm³/mol. The molecule has 0 bridgehead atoms. The molecule has 1 rings (SSSR count). The first-order valence-corrected chi connectivity index (χ1v) is 4.13. The molecule has 0 aromatic heterocycles. The molecule has 1 aliphatic rings. The maximum atomic E-state index is 11.2. The van der Waals surface area contributed by atoms with E-state index in [-0.39, 0.29) is 5.97 Å². The highest BCUT2D eigenvalue weighted by molar-refractivity contribution is 5.76. The summed E-state index contributed by atoms with van der Waals surface area (Å²) in [6, 6.07) is 0. The van der Waals surface area contributed by atoms with Gasteiger partial charge in [0, 0.05) is 20.3 Å². The minimum atomic E-state index is -0.789. The summed E-state index contributed by atoms with van der Waals surface area (Å²) in [7, 11) is 1.55. The van der Waals surface area contributed by atoms with Gasteiger partial charge in [-0.25, -0.2) is 4.79 Å². The molecule has 1 atom stereocenters. The van der Waals surface area contributed by atoms with E-state index in [1.165, 1.54) is 6.26 Å². The topological polar surface area (TPSA) is 44.8 Å². The summed E-state index contributed by atoms with van der Waals surface area (Å²) in [5.74, 6) is -1.10. The van der Waals surface area contributed by atoms with Crippen LogP contribution in [0.1, 0.15) is 20.3 Å². The Labute approximate surface area is 77.5 Å². The molecule has 1 fully saturated rings. The SMILES string of the molecule is COC=CC[C@@H]1OC(C)(C)OC1=O. The van der Waals surface area contributed by atoms with E-state index in [9.17, 15) is 4.79 Å². The van der Waals surface area contributed by atoms with Crippen molar-refractivity contribution in [2.45, 2.75) is 32.2 Å². The van der Waals surface area contributed by atoms with Crippen LogP contribution in [0.15, 0.2) is 12.3 Å². The Hall–Kier alpha value is -1.03. The Kier molecular flexibility index (Phi) is 2.93. The number of methoxy groups -OCH3 is 1. The van der Waals surface area contributed by atoms with Gasteiger partial charge in [0.1, 0.15) is 0 Å². The van der Waals surface area contributed by atoms with Gasteiger partial charge < -0.3 is 14.2 Å². The Balaban J connectivity index is 2.44. The van der Waals surface area contributed by atoms with Crippen molar-refractivity contribution < 1.29 is 19.0 Å². The molecule has 13 heavy (non-hydrogen) atoms. The van der Waals surface area contributed by atoms with E-state index in [0.29, 0.717) is 6.42 Å². The van der Waals surface area contributed by atoms with Crippen LogP contribution < -0.4 is 0 Å². The molecule has 0 aromatic rings. The number of cyclic esters (lactones) is 1. The smallest absolute Gasteiger partial charge is 0.338 e. The molecule has 0 aliphatic carbocycles. The number of ether oxygens (including phenoxy) is 3. The van der Waals surface area contributed by atoms with Crippen LogP contribution in [0.3, 0.4) is 0 Å². The molecule has 1 heterocycles. The average molecular weight is 186 g/mol. The van der Waals surface area contributed by atoms with Gasteiger partial charge in [0.05, 0.1) is 13.4 Å². The first-order valence-electron chi connectivity index (χ1n) is 4.13. The van der Waals surface area contributed by atoms with E-state index in [0.717, 1.165) is 0 Å². The zero-order valence-corrected chi connectivity index (χ0v) is 8.07. The molecule has 0 N–H and O–H groups in total. The Bertz CT molecular complexity index is 220. The standard InChI is InChI=1S/C9H14O4/c1-9(2)12-7(8(10)13-9)5-4-6-11-3/h4,6-7H,5H2,1-3H3/t7-/m0/s1. The Morgan fingerprint density at radius 2 is 2.31 bits per heavy atom. The number of esters is 1. The van der Waals surface area contributed by atoms with Crippen molar-refractivity contribution in [3.8, 4) is 0 Å². The first-order chi connectivity index (χ1) is 6.05. The maximum Gasteiger partial charge on any atom is 0.338 e. The van der Waals surface area contributed by atoms with Crippen LogP contribution in [0.2, 0.25) is 0 Å². The second-order valence-electron chi connectivity index (χ2n) is 3.27. The second kappa shape index (κ2) is 3.79. The molecule has 74 valence electrons. The lowest BCUT2D eigenvalue weighted by Crippen LogP contribution is -2.21. The summed E-state index contributed by atoms with van der Waals surface area (Å²) in [5.41, 5.74) is 0. The van der Waals surface area contributed by atoms with E-state index >= 15 is 0 Å². The highest BCUT2D eigenvalue weighted by Gasteiger charge is 2.40. The van der Waals surface area contributed by atoms with Gasteiger partial charge in [-0.1, -0.05) is 0 Å². The molecule has 4 nitrogen and oxygen atoms in total. The van der Waals surface area contributed by atoms with Crippen LogP contribution in [0.25, 0.3) is 0 Å². The predicted octanol–water partition coefficient (Wildman–Crippen LogP) is 1.21. The normalized spacial score (nSPS) is 26.4. The molecule has 0 amide bonds. The van der Waals surface area contributed by atoms with Crippen LogP contribution >= 0.6 is 0 Å². The fourth-order valence-corrected chi connectivity index (χ4v) is 1.14. The van der Waals surface area contributed by atoms with Crippen LogP contribution in [-0.2, 0) is 19.0 Å². The van der Waals surface area contributed by atoms with Gasteiger partial charge in [0.25, 0.3) is 0 Å². The van der Waals surface area contributed by atoms with Crippen LogP contribution in [0.4, 0.5) is 0 Å². The minimum Gasteiger partial charge on any atom is -0.505 e. The first kappa shape index (κ1) is 10.1. The summed E-state index contributed by atoms with van der Waals surface area (Å²) >= 11 is 0. The number of carbonyl (C=O) groups excluding carboxylic acids is 1. The molecule has 0 aromatic carbocycles. The van der Waals surface area contributed by atoms with Crippen molar-refractivity contribution in [3.63, 3.8) is 0 Å². The summed E-state index contributed by atoms with van der Waals surface area (Å²) < 4.78 is 15.0. The highest BCUT2D eigenvalue weighted by atomic mass is 16.8. The highest BCUT2D eigenvalue weighted by Crippen LogP contribution is 2.25. The fourth-order valence-electron chi connectivity index (χ4n) is 1.14. The molecule has 0 spiro atoms. The molecular weight excluding hydrogens is 172 g/mol. The number of hydrogen-bond acceptors (Lipinski definition) is 4. The summed E-state index contributed by atoms with van der Waals surface area (Å²) in [4.78, 5) is 11.2. The van der Waals surface area contributed by atoms with Gasteiger partial charge in [-0.3, -0.25) is 0 Å². The van der Waals surface area contributed by atoms with Crippen molar-refractivity contribution in [1.82, 2.24) is 0 Å². The van der Waals surface area contributed by atoms with Gasteiger partial charge in [-0.05, 0) is 6.08 Å². The molecular formula is C9H14O4. The van der Waals surface area contributed by atoms with Gasteiger partial charge >= 0.3 is 5.97 Å². The third kappa shape index (κ3) is 2.73. The molecule has 0 radical (unpaired) electrons. The number of carbonyl (C=O) groups is 1. The molecule has 1 aliphatic heterocycles. The van der Waals surface area contributed by atoms with Crippen LogP contribution in [-0.4, -0.2) is 25.0 Å². The lowest BCUT2D eigenvalue weighted by Gasteiger charge is -2.14. The maximum absolute atomic E-state index is 11.2. The largest absolute Gasteiger partial charge is 0.505 e. The third-order valence-electron chi connectivity index (χ3n) is 1.62. The second-order valence-corrected chi connectivity index (χ2v) is 3.27. The van der Waals surface area contributed by atoms with Crippen molar-refractivity contribution >= 4 is 5.97 Å². The molecule has 0 unspecified atom stereocenters. The van der Waals surface area contributed by atoms with E-state index in [4.69, 9.17) is 14.2 Å². The van der Waals surface area contributed by atoms with Gasteiger partial charge in [0.2, 0.25) is 5.79 Å². The summed E-state index contributed by atoms with van der Waals surface area (Å²) in [5, 5.41) is 0. The minimum absolute atomic E-state index is 0.314. The lowest BCUT2D eigenvalue weighted by molar-refractivity contribution is -0.160. The van der Waals surface area contributed by atoms with E-state index in [1.54, 1.807) is 27.0 Å². The Morgan fingerprint density at radius 1 is 1.62 bits per heavy atom. The van der Waals surface area contributed by atoms with Crippen molar-refractivity contribution in [2.24, 2.45) is 0 Å². The van der Waals surface area contributed by atoms with E-state index in [2.05, 4.69) is 0 Å². The molecule has 1 saturated heterocycles. The monoisotopic (exact) mass is 186 g/mol. The Morgan fingerprint density at radius 3 is 2.77 bits per heavy atom. The number of hydrogen-bond donors (Lipinski definition) is 0. The van der Waals surface area contributed by atoms with Crippen molar-refractivity contribution in [3.05, 3.63) is 12.3 Å². The third-order valence-corrected chi connectivity index (χ3v) is 1.62. The zero-order valence-electron chi connectivity index (χ0n) is 8.07. The van der Waals surface area contributed by atoms with Crippen molar-refractivity contribution in [2.75, 3.05) is 7.11 Å².